The normalized spacial score (nSPS) is 30.3. The first-order chi connectivity index (χ1) is 28.6. The number of carbonyl (C=O) groups is 4. The van der Waals surface area contributed by atoms with Gasteiger partial charge in [0.25, 0.3) is 0 Å². The fraction of sp³-hybridized carbons (Fsp3) is 0.922. The summed E-state index contributed by atoms with van der Waals surface area (Å²) in [5.74, 6) is -4.90. The molecule has 5 unspecified atom stereocenters. The predicted octanol–water partition coefficient (Wildman–Crippen LogP) is 9.14. The molecule has 0 aliphatic carbocycles. The largest absolute Gasteiger partial charge is 0.462 e. The highest BCUT2D eigenvalue weighted by Gasteiger charge is 2.47. The molecule has 0 aromatic heterocycles. The van der Waals surface area contributed by atoms with Crippen LogP contribution in [0.5, 0.6) is 0 Å². The summed E-state index contributed by atoms with van der Waals surface area (Å²) >= 11 is 0. The average Bonchev–Trinajstić information content (AvgIpc) is 3.37. The molecule has 0 bridgehead atoms. The van der Waals surface area contributed by atoms with E-state index in [1.165, 1.54) is 0 Å². The molecule has 0 aromatic carbocycles. The van der Waals surface area contributed by atoms with Gasteiger partial charge in [-0.1, -0.05) is 12.8 Å². The van der Waals surface area contributed by atoms with Gasteiger partial charge in [0.15, 0.2) is 5.92 Å². The predicted molar refractivity (Wildman–Crippen MR) is 250 cm³/mol. The minimum Gasteiger partial charge on any atom is -0.462 e. The molecule has 0 spiro atoms. The van der Waals surface area contributed by atoms with Crippen molar-refractivity contribution in [1.82, 2.24) is 21.3 Å². The van der Waals surface area contributed by atoms with Crippen LogP contribution in [0.2, 0.25) is 0 Å². The first-order valence-corrected chi connectivity index (χ1v) is 24.6. The summed E-state index contributed by atoms with van der Waals surface area (Å²) in [5.41, 5.74) is -1.69. The molecule has 364 valence electrons. The summed E-state index contributed by atoms with van der Waals surface area (Å²) in [6, 6.07) is 0. The highest BCUT2D eigenvalue weighted by molar-refractivity contribution is 5.99. The number of ether oxygens (including phenoxy) is 4. The van der Waals surface area contributed by atoms with E-state index < -0.39 is 48.1 Å². The summed E-state index contributed by atoms with van der Waals surface area (Å²) in [7, 11) is 0. The second-order valence-corrected chi connectivity index (χ2v) is 25.5. The Morgan fingerprint density at radius 1 is 0.413 bits per heavy atom. The van der Waals surface area contributed by atoms with Gasteiger partial charge in [-0.3, -0.25) is 19.2 Å². The molecule has 4 heterocycles. The lowest BCUT2D eigenvalue weighted by molar-refractivity contribution is -0.180. The zero-order chi connectivity index (χ0) is 47.5. The molecule has 4 fully saturated rings. The van der Waals surface area contributed by atoms with Gasteiger partial charge >= 0.3 is 23.9 Å². The highest BCUT2D eigenvalue weighted by Crippen LogP contribution is 2.36. The van der Waals surface area contributed by atoms with E-state index in [9.17, 15) is 19.2 Å². The van der Waals surface area contributed by atoms with E-state index in [2.05, 4.69) is 132 Å². The van der Waals surface area contributed by atoms with Crippen LogP contribution in [-0.2, 0) is 38.1 Å². The minimum absolute atomic E-state index is 0.0419. The second kappa shape index (κ2) is 20.3. The van der Waals surface area contributed by atoms with E-state index >= 15 is 0 Å². The Kier molecular flexibility index (Phi) is 17.2. The van der Waals surface area contributed by atoms with Crippen LogP contribution < -0.4 is 21.3 Å². The van der Waals surface area contributed by atoms with Crippen LogP contribution in [0.1, 0.15) is 220 Å². The SMILES string of the molecule is CC1(C)CCC(OC(=O)CCCCCC(C(=O)OC2CCC(C)(C)NC(C)(C)C2)C(C(=O)OC2CCC(C)(C)NC(C)(C)C2)C(=O)OC2CCC(C)(C)NC(C)(C)C2)CC(C)(C)N1. The third-order valence-electron chi connectivity index (χ3n) is 13.8. The summed E-state index contributed by atoms with van der Waals surface area (Å²) in [6.45, 7) is 34.2. The quantitative estimate of drug-likeness (QED) is 0.0570. The summed E-state index contributed by atoms with van der Waals surface area (Å²) < 4.78 is 25.2. The lowest BCUT2D eigenvalue weighted by Crippen LogP contribution is -2.51. The third kappa shape index (κ3) is 17.8. The van der Waals surface area contributed by atoms with Gasteiger partial charge in [-0.2, -0.15) is 0 Å². The Bertz CT molecular complexity index is 1530. The zero-order valence-corrected chi connectivity index (χ0v) is 42.8. The standard InChI is InChI=1S/C51H92N4O8/c1-44(2)26-22-34(30-48(9,10)52-44)60-39(56)21-19-17-18-20-38(41(57)61-35-23-27-45(3,4)53-49(11,12)31-35)40(42(58)62-36-24-28-46(5,6)54-50(13,14)32-36)43(59)63-37-25-29-47(7,8)55-51(15,16)33-37/h34-38,40,52-55H,17-33H2,1-16H3. The molecule has 0 saturated carbocycles. The van der Waals surface area contributed by atoms with E-state index in [0.717, 1.165) is 38.5 Å². The molecule has 0 amide bonds. The summed E-state index contributed by atoms with van der Waals surface area (Å²) in [6.07, 6.45) is 8.98. The van der Waals surface area contributed by atoms with Crippen molar-refractivity contribution < 1.29 is 38.1 Å². The van der Waals surface area contributed by atoms with E-state index in [0.29, 0.717) is 57.8 Å². The molecule has 4 aliphatic rings. The molecular formula is C51H92N4O8. The molecule has 4 saturated heterocycles. The third-order valence-corrected chi connectivity index (χ3v) is 13.8. The van der Waals surface area contributed by atoms with Gasteiger partial charge in [-0.05, 0) is 175 Å². The van der Waals surface area contributed by atoms with Crippen LogP contribution in [0.4, 0.5) is 0 Å². The number of rotatable bonds is 14. The van der Waals surface area contributed by atoms with Crippen LogP contribution in [0.25, 0.3) is 0 Å². The molecule has 63 heavy (non-hydrogen) atoms. The van der Waals surface area contributed by atoms with E-state index in [4.69, 9.17) is 18.9 Å². The lowest BCUT2D eigenvalue weighted by atomic mass is 9.86. The van der Waals surface area contributed by atoms with Crippen LogP contribution >= 0.6 is 0 Å². The maximum atomic E-state index is 14.8. The molecule has 12 nitrogen and oxygen atoms in total. The van der Waals surface area contributed by atoms with Crippen LogP contribution in [0.15, 0.2) is 0 Å². The van der Waals surface area contributed by atoms with Gasteiger partial charge in [-0.15, -0.1) is 0 Å². The number of carbonyl (C=O) groups excluding carboxylic acids is 4. The number of hydrogen-bond donors (Lipinski definition) is 4. The molecule has 4 N–H and O–H groups in total. The van der Waals surface area contributed by atoms with Gasteiger partial charge in [0.05, 0.1) is 5.92 Å². The maximum absolute atomic E-state index is 14.8. The van der Waals surface area contributed by atoms with E-state index in [-0.39, 0.29) is 69.2 Å². The number of unbranched alkanes of at least 4 members (excludes halogenated alkanes) is 2. The number of nitrogens with one attached hydrogen (secondary N) is 4. The van der Waals surface area contributed by atoms with Crippen LogP contribution in [-0.4, -0.2) is 92.6 Å². The zero-order valence-electron chi connectivity index (χ0n) is 42.8. The van der Waals surface area contributed by atoms with Crippen molar-refractivity contribution in [2.45, 2.75) is 289 Å². The molecule has 4 aliphatic heterocycles. The monoisotopic (exact) mass is 889 g/mol. The summed E-state index contributed by atoms with van der Waals surface area (Å²) in [5, 5.41) is 14.8. The van der Waals surface area contributed by atoms with Crippen molar-refractivity contribution in [3.8, 4) is 0 Å². The molecule has 5 atom stereocenters. The van der Waals surface area contributed by atoms with E-state index in [1.807, 2.05) is 0 Å². The van der Waals surface area contributed by atoms with Gasteiger partial charge < -0.3 is 40.2 Å². The Morgan fingerprint density at radius 3 is 1.05 bits per heavy atom. The van der Waals surface area contributed by atoms with Crippen molar-refractivity contribution in [2.75, 3.05) is 0 Å². The second-order valence-electron chi connectivity index (χ2n) is 25.5. The van der Waals surface area contributed by atoms with Gasteiger partial charge in [-0.25, -0.2) is 0 Å². The molecule has 0 radical (unpaired) electrons. The first-order valence-electron chi connectivity index (χ1n) is 24.6. The topological polar surface area (TPSA) is 153 Å². The fourth-order valence-corrected chi connectivity index (χ4v) is 11.9. The minimum atomic E-state index is -1.51. The molecule has 0 aromatic rings. The first kappa shape index (κ1) is 53.3. The van der Waals surface area contributed by atoms with Crippen molar-refractivity contribution in [2.24, 2.45) is 11.8 Å². The number of esters is 4. The van der Waals surface area contributed by atoms with Gasteiger partial charge in [0, 0.05) is 76.4 Å². The van der Waals surface area contributed by atoms with Gasteiger partial charge in [0.1, 0.15) is 24.4 Å². The Labute approximate surface area is 382 Å². The Morgan fingerprint density at radius 2 is 0.714 bits per heavy atom. The molecule has 4 rings (SSSR count). The van der Waals surface area contributed by atoms with Crippen molar-refractivity contribution in [1.29, 1.82) is 0 Å². The fourth-order valence-electron chi connectivity index (χ4n) is 11.9. The van der Waals surface area contributed by atoms with Crippen molar-refractivity contribution in [3.05, 3.63) is 0 Å². The van der Waals surface area contributed by atoms with E-state index in [1.54, 1.807) is 0 Å². The lowest BCUT2D eigenvalue weighted by Gasteiger charge is -2.35. The molecular weight excluding hydrogens is 797 g/mol. The highest BCUT2D eigenvalue weighted by atomic mass is 16.6. The van der Waals surface area contributed by atoms with Crippen molar-refractivity contribution >= 4 is 23.9 Å². The Balaban J connectivity index is 1.59. The van der Waals surface area contributed by atoms with Crippen LogP contribution in [0, 0.1) is 11.8 Å². The maximum Gasteiger partial charge on any atom is 0.321 e. The molecule has 12 heteroatoms. The van der Waals surface area contributed by atoms with Crippen molar-refractivity contribution in [3.63, 3.8) is 0 Å². The Hall–Kier alpha value is -2.28. The van der Waals surface area contributed by atoms with Gasteiger partial charge in [0.2, 0.25) is 0 Å². The number of hydrogen-bond acceptors (Lipinski definition) is 12. The smallest absolute Gasteiger partial charge is 0.321 e. The average molecular weight is 889 g/mol. The van der Waals surface area contributed by atoms with Crippen LogP contribution in [0.3, 0.4) is 0 Å². The summed E-state index contributed by atoms with van der Waals surface area (Å²) in [4.78, 5) is 57.6.